The Labute approximate surface area is 136 Å². The highest BCUT2D eigenvalue weighted by Gasteiger charge is 2.21. The summed E-state index contributed by atoms with van der Waals surface area (Å²) in [6.07, 6.45) is 2.17. The molecule has 0 aromatic heterocycles. The third-order valence-electron chi connectivity index (χ3n) is 4.25. The van der Waals surface area contributed by atoms with Crippen molar-refractivity contribution < 1.29 is 9.53 Å². The minimum atomic E-state index is -0.258. The fourth-order valence-electron chi connectivity index (χ4n) is 2.99. The number of hydrogen-bond acceptors (Lipinski definition) is 6. The van der Waals surface area contributed by atoms with E-state index in [2.05, 4.69) is 20.5 Å². The first-order valence-electron chi connectivity index (χ1n) is 8.33. The second kappa shape index (κ2) is 7.35. The molecule has 0 bridgehead atoms. The highest BCUT2D eigenvalue weighted by molar-refractivity contribution is 5.89. The van der Waals surface area contributed by atoms with Gasteiger partial charge in [0.05, 0.1) is 18.7 Å². The van der Waals surface area contributed by atoms with Crippen molar-refractivity contribution in [1.29, 1.82) is 0 Å². The number of anilines is 1. The summed E-state index contributed by atoms with van der Waals surface area (Å²) < 4.78 is 5.01. The van der Waals surface area contributed by atoms with Gasteiger partial charge in [-0.25, -0.2) is 4.79 Å². The molecule has 0 saturated carbocycles. The minimum absolute atomic E-state index is 0.258. The van der Waals surface area contributed by atoms with E-state index in [0.717, 1.165) is 50.7 Å². The Bertz CT molecular complexity index is 562. The molecule has 2 N–H and O–H groups in total. The summed E-state index contributed by atoms with van der Waals surface area (Å²) in [7, 11) is 0. The van der Waals surface area contributed by atoms with Crippen LogP contribution in [-0.4, -0.2) is 50.8 Å². The van der Waals surface area contributed by atoms with Gasteiger partial charge < -0.3 is 20.3 Å². The lowest BCUT2D eigenvalue weighted by Gasteiger charge is -2.34. The number of guanidine groups is 1. The van der Waals surface area contributed by atoms with Crippen LogP contribution >= 0.6 is 0 Å². The van der Waals surface area contributed by atoms with Gasteiger partial charge in [-0.1, -0.05) is 0 Å². The molecule has 0 aliphatic carbocycles. The highest BCUT2D eigenvalue weighted by Crippen LogP contribution is 2.21. The van der Waals surface area contributed by atoms with Crippen LogP contribution in [0, 0.1) is 0 Å². The number of aliphatic imine (C=N–C) groups is 1. The minimum Gasteiger partial charge on any atom is -0.462 e. The summed E-state index contributed by atoms with van der Waals surface area (Å²) >= 11 is 0. The van der Waals surface area contributed by atoms with Crippen molar-refractivity contribution in [2.45, 2.75) is 25.8 Å². The molecule has 1 saturated heterocycles. The summed E-state index contributed by atoms with van der Waals surface area (Å²) in [5.74, 6) is 0.689. The monoisotopic (exact) mass is 316 g/mol. The van der Waals surface area contributed by atoms with Crippen LogP contribution in [0.25, 0.3) is 0 Å². The Morgan fingerprint density at radius 2 is 2.09 bits per heavy atom. The molecule has 1 aromatic rings. The van der Waals surface area contributed by atoms with Crippen LogP contribution in [0.1, 0.15) is 30.1 Å². The Balaban J connectivity index is 1.52. The number of ether oxygens (including phenoxy) is 1. The maximum atomic E-state index is 11.7. The molecule has 0 amide bonds. The normalized spacial score (nSPS) is 18.3. The van der Waals surface area contributed by atoms with E-state index >= 15 is 0 Å². The molecule has 2 aliphatic rings. The number of nitrogens with one attached hydrogen (secondary N) is 2. The van der Waals surface area contributed by atoms with Crippen LogP contribution in [0.5, 0.6) is 0 Å². The Kier molecular flexibility index (Phi) is 5.00. The van der Waals surface area contributed by atoms with Gasteiger partial charge in [0.1, 0.15) is 0 Å². The lowest BCUT2D eigenvalue weighted by Crippen LogP contribution is -2.47. The largest absolute Gasteiger partial charge is 0.462 e. The number of esters is 1. The quantitative estimate of drug-likeness (QED) is 0.822. The summed E-state index contributed by atoms with van der Waals surface area (Å²) in [6.45, 7) is 6.04. The fraction of sp³-hybridized carbons (Fsp3) is 0.529. The van der Waals surface area contributed by atoms with Crippen LogP contribution in [0.15, 0.2) is 29.3 Å². The molecule has 3 rings (SSSR count). The zero-order chi connectivity index (χ0) is 16.1. The molecular weight excluding hydrogens is 292 g/mol. The summed E-state index contributed by atoms with van der Waals surface area (Å²) in [4.78, 5) is 18.4. The molecule has 0 radical (unpaired) electrons. The average Bonchev–Trinajstić information content (AvgIpc) is 3.09. The smallest absolute Gasteiger partial charge is 0.338 e. The van der Waals surface area contributed by atoms with Gasteiger partial charge in [0.15, 0.2) is 5.96 Å². The molecule has 23 heavy (non-hydrogen) atoms. The third-order valence-corrected chi connectivity index (χ3v) is 4.25. The van der Waals surface area contributed by atoms with Crippen LogP contribution in [0.2, 0.25) is 0 Å². The van der Waals surface area contributed by atoms with Crippen molar-refractivity contribution in [2.24, 2.45) is 4.99 Å². The van der Waals surface area contributed by atoms with E-state index in [0.29, 0.717) is 18.2 Å². The number of hydrogen-bond donors (Lipinski definition) is 2. The standard InChI is InChI=1S/C17H24N4O2/c1-2-23-16(22)13-3-5-15(6-4-13)21-11-7-14(8-12-21)20-17-18-9-10-19-17/h3-6,14H,2,7-12H2,1H3,(H2,18,19,20). The zero-order valence-electron chi connectivity index (χ0n) is 13.5. The Morgan fingerprint density at radius 1 is 1.35 bits per heavy atom. The summed E-state index contributed by atoms with van der Waals surface area (Å²) in [5, 5.41) is 6.73. The van der Waals surface area contributed by atoms with Crippen molar-refractivity contribution in [1.82, 2.24) is 10.6 Å². The number of rotatable bonds is 4. The molecule has 2 heterocycles. The van der Waals surface area contributed by atoms with Crippen molar-refractivity contribution in [3.8, 4) is 0 Å². The number of benzene rings is 1. The predicted octanol–water partition coefficient (Wildman–Crippen LogP) is 1.38. The van der Waals surface area contributed by atoms with E-state index in [1.807, 2.05) is 31.2 Å². The molecule has 1 aromatic carbocycles. The number of carbonyl (C=O) groups excluding carboxylic acids is 1. The van der Waals surface area contributed by atoms with Crippen molar-refractivity contribution >= 4 is 17.6 Å². The average molecular weight is 316 g/mol. The molecule has 1 fully saturated rings. The number of nitrogens with zero attached hydrogens (tertiary/aromatic N) is 2. The van der Waals surface area contributed by atoms with Gasteiger partial charge in [-0.3, -0.25) is 4.99 Å². The third kappa shape index (κ3) is 3.94. The SMILES string of the molecule is CCOC(=O)c1ccc(N2CCC(NC3=NCCN3)CC2)cc1. The van der Waals surface area contributed by atoms with E-state index in [1.165, 1.54) is 0 Å². The fourth-order valence-corrected chi connectivity index (χ4v) is 2.99. The molecule has 0 unspecified atom stereocenters. The first-order chi connectivity index (χ1) is 11.3. The summed E-state index contributed by atoms with van der Waals surface area (Å²) in [5.41, 5.74) is 1.77. The van der Waals surface area contributed by atoms with Crippen LogP contribution in [-0.2, 0) is 4.74 Å². The van der Waals surface area contributed by atoms with Gasteiger partial charge in [-0.15, -0.1) is 0 Å². The second-order valence-electron chi connectivity index (χ2n) is 5.83. The van der Waals surface area contributed by atoms with Crippen LogP contribution in [0.4, 0.5) is 5.69 Å². The molecule has 2 aliphatic heterocycles. The molecular formula is C17H24N4O2. The molecule has 6 nitrogen and oxygen atoms in total. The van der Waals surface area contributed by atoms with E-state index in [-0.39, 0.29) is 5.97 Å². The van der Waals surface area contributed by atoms with Crippen molar-refractivity contribution in [2.75, 3.05) is 37.7 Å². The van der Waals surface area contributed by atoms with Gasteiger partial charge in [-0.05, 0) is 44.0 Å². The lowest BCUT2D eigenvalue weighted by atomic mass is 10.0. The van der Waals surface area contributed by atoms with Crippen molar-refractivity contribution in [3.05, 3.63) is 29.8 Å². The zero-order valence-corrected chi connectivity index (χ0v) is 13.5. The van der Waals surface area contributed by atoms with Crippen LogP contribution < -0.4 is 15.5 Å². The van der Waals surface area contributed by atoms with Gasteiger partial charge in [0.25, 0.3) is 0 Å². The molecule has 0 spiro atoms. The van der Waals surface area contributed by atoms with Crippen LogP contribution in [0.3, 0.4) is 0 Å². The number of piperidine rings is 1. The second-order valence-corrected chi connectivity index (χ2v) is 5.83. The molecule has 6 heteroatoms. The van der Waals surface area contributed by atoms with E-state index in [4.69, 9.17) is 4.74 Å². The lowest BCUT2D eigenvalue weighted by molar-refractivity contribution is 0.0526. The number of carbonyl (C=O) groups is 1. The van der Waals surface area contributed by atoms with E-state index in [1.54, 1.807) is 0 Å². The molecule has 124 valence electrons. The van der Waals surface area contributed by atoms with Gasteiger partial charge in [0.2, 0.25) is 0 Å². The summed E-state index contributed by atoms with van der Waals surface area (Å²) in [6, 6.07) is 8.17. The van der Waals surface area contributed by atoms with Gasteiger partial charge in [-0.2, -0.15) is 0 Å². The first-order valence-corrected chi connectivity index (χ1v) is 8.33. The molecule has 0 atom stereocenters. The van der Waals surface area contributed by atoms with E-state index < -0.39 is 0 Å². The van der Waals surface area contributed by atoms with E-state index in [9.17, 15) is 4.79 Å². The van der Waals surface area contributed by atoms with Gasteiger partial charge in [0, 0.05) is 31.4 Å². The topological polar surface area (TPSA) is 66.0 Å². The maximum Gasteiger partial charge on any atom is 0.338 e. The Morgan fingerprint density at radius 3 is 2.70 bits per heavy atom. The highest BCUT2D eigenvalue weighted by atomic mass is 16.5. The van der Waals surface area contributed by atoms with Crippen molar-refractivity contribution in [3.63, 3.8) is 0 Å². The Hall–Kier alpha value is -2.24. The predicted molar refractivity (Wildman–Crippen MR) is 91.1 cm³/mol. The maximum absolute atomic E-state index is 11.7. The van der Waals surface area contributed by atoms with Gasteiger partial charge >= 0.3 is 5.97 Å². The first kappa shape index (κ1) is 15.6.